The second kappa shape index (κ2) is 5.75. The van der Waals surface area contributed by atoms with Crippen LogP contribution in [-0.2, 0) is 10.0 Å². The van der Waals surface area contributed by atoms with Gasteiger partial charge in [-0.3, -0.25) is 4.72 Å². The van der Waals surface area contributed by atoms with Gasteiger partial charge in [0.2, 0.25) is 0 Å². The normalized spacial score (nSPS) is 11.5. The Bertz CT molecular complexity index is 921. The zero-order chi connectivity index (χ0) is 15.7. The molecular weight excluding hydrogens is 344 g/mol. The zero-order valence-corrected chi connectivity index (χ0v) is 13.8. The Labute approximate surface area is 136 Å². The molecule has 5 nitrogen and oxygen atoms in total. The van der Waals surface area contributed by atoms with E-state index in [1.54, 1.807) is 30.3 Å². The summed E-state index contributed by atoms with van der Waals surface area (Å²) in [6.07, 6.45) is 0. The average molecular weight is 355 g/mol. The lowest BCUT2D eigenvalue weighted by molar-refractivity contribution is 0.414. The van der Waals surface area contributed by atoms with Crippen LogP contribution >= 0.6 is 22.9 Å². The first-order valence-corrected chi connectivity index (χ1v) is 8.89. The van der Waals surface area contributed by atoms with Crippen LogP contribution in [-0.4, -0.2) is 20.5 Å². The summed E-state index contributed by atoms with van der Waals surface area (Å²) in [5.41, 5.74) is 0.696. The first-order chi connectivity index (χ1) is 10.5. The Hall–Kier alpha value is -1.83. The van der Waals surface area contributed by atoms with Crippen LogP contribution in [0.25, 0.3) is 10.2 Å². The summed E-state index contributed by atoms with van der Waals surface area (Å²) in [6.45, 7) is 0. The van der Waals surface area contributed by atoms with Crippen LogP contribution in [0, 0.1) is 0 Å². The molecule has 3 aromatic rings. The van der Waals surface area contributed by atoms with Crippen LogP contribution < -0.4 is 9.46 Å². The van der Waals surface area contributed by atoms with Crippen LogP contribution in [0.5, 0.6) is 5.75 Å². The van der Waals surface area contributed by atoms with Crippen molar-refractivity contribution in [1.82, 2.24) is 4.98 Å². The highest BCUT2D eigenvalue weighted by Gasteiger charge is 2.16. The number of aromatic nitrogens is 1. The number of fused-ring (bicyclic) bond motifs is 1. The third-order valence-corrected chi connectivity index (χ3v) is 5.59. The van der Waals surface area contributed by atoms with Gasteiger partial charge in [-0.15, -0.1) is 0 Å². The van der Waals surface area contributed by atoms with E-state index in [4.69, 9.17) is 16.3 Å². The zero-order valence-electron chi connectivity index (χ0n) is 11.4. The van der Waals surface area contributed by atoms with Crippen molar-refractivity contribution in [3.05, 3.63) is 47.5 Å². The molecule has 0 unspecified atom stereocenters. The van der Waals surface area contributed by atoms with Gasteiger partial charge < -0.3 is 4.74 Å². The quantitative estimate of drug-likeness (QED) is 0.774. The third kappa shape index (κ3) is 3.01. The predicted octanol–water partition coefficient (Wildman–Crippen LogP) is 3.76. The molecule has 0 fully saturated rings. The fourth-order valence-corrected chi connectivity index (χ4v) is 4.25. The van der Waals surface area contributed by atoms with E-state index in [9.17, 15) is 8.42 Å². The van der Waals surface area contributed by atoms with Gasteiger partial charge in [0.05, 0.1) is 22.2 Å². The molecule has 0 saturated heterocycles. The molecule has 0 aliphatic carbocycles. The van der Waals surface area contributed by atoms with E-state index >= 15 is 0 Å². The summed E-state index contributed by atoms with van der Waals surface area (Å²) in [5.74, 6) is 0.591. The Balaban J connectivity index is 1.91. The van der Waals surface area contributed by atoms with Gasteiger partial charge in [0.25, 0.3) is 10.0 Å². The van der Waals surface area contributed by atoms with Crippen molar-refractivity contribution in [3.8, 4) is 5.75 Å². The maximum absolute atomic E-state index is 12.3. The molecule has 0 radical (unpaired) electrons. The molecule has 2 aromatic carbocycles. The van der Waals surface area contributed by atoms with Gasteiger partial charge in [0.1, 0.15) is 5.75 Å². The van der Waals surface area contributed by atoms with E-state index in [-0.39, 0.29) is 4.90 Å². The lowest BCUT2D eigenvalue weighted by Gasteiger charge is -2.05. The molecule has 0 bridgehead atoms. The topological polar surface area (TPSA) is 68.3 Å². The SMILES string of the molecule is COc1ccc(S(=O)(=O)Nc2nc3ccc(Cl)cc3s2)cc1. The summed E-state index contributed by atoms with van der Waals surface area (Å²) >= 11 is 7.14. The van der Waals surface area contributed by atoms with Crippen LogP contribution in [0.4, 0.5) is 5.13 Å². The third-order valence-electron chi connectivity index (χ3n) is 2.94. The molecule has 8 heteroatoms. The predicted molar refractivity (Wildman–Crippen MR) is 88.4 cm³/mol. The molecule has 1 aromatic heterocycles. The van der Waals surface area contributed by atoms with Gasteiger partial charge in [0, 0.05) is 5.02 Å². The number of thiazole rings is 1. The largest absolute Gasteiger partial charge is 0.497 e. The molecule has 0 saturated carbocycles. The van der Waals surface area contributed by atoms with E-state index in [0.29, 0.717) is 21.4 Å². The van der Waals surface area contributed by atoms with Gasteiger partial charge in [0.15, 0.2) is 5.13 Å². The molecule has 0 aliphatic rings. The van der Waals surface area contributed by atoms with Crippen LogP contribution in [0.1, 0.15) is 0 Å². The van der Waals surface area contributed by atoms with Crippen molar-refractivity contribution < 1.29 is 13.2 Å². The van der Waals surface area contributed by atoms with Gasteiger partial charge in [-0.25, -0.2) is 13.4 Å². The maximum Gasteiger partial charge on any atom is 0.263 e. The number of sulfonamides is 1. The lowest BCUT2D eigenvalue weighted by Crippen LogP contribution is -2.12. The minimum absolute atomic E-state index is 0.144. The molecular formula is C14H11ClN2O3S2. The van der Waals surface area contributed by atoms with Crippen LogP contribution in [0.15, 0.2) is 47.4 Å². The van der Waals surface area contributed by atoms with Crippen molar-refractivity contribution in [2.75, 3.05) is 11.8 Å². The van der Waals surface area contributed by atoms with E-state index in [1.807, 2.05) is 0 Å². The molecule has 1 heterocycles. The Morgan fingerprint density at radius 2 is 1.91 bits per heavy atom. The molecule has 0 spiro atoms. The number of nitrogens with one attached hydrogen (secondary N) is 1. The first kappa shape index (κ1) is 15.1. The molecule has 3 rings (SSSR count). The highest BCUT2D eigenvalue weighted by atomic mass is 35.5. The number of methoxy groups -OCH3 is 1. The summed E-state index contributed by atoms with van der Waals surface area (Å²) < 4.78 is 33.0. The number of nitrogens with zero attached hydrogens (tertiary/aromatic N) is 1. The monoisotopic (exact) mass is 354 g/mol. The van der Waals surface area contributed by atoms with E-state index in [0.717, 1.165) is 4.70 Å². The van der Waals surface area contributed by atoms with Crippen LogP contribution in [0.2, 0.25) is 5.02 Å². The fraction of sp³-hybridized carbons (Fsp3) is 0.0714. The van der Waals surface area contributed by atoms with E-state index < -0.39 is 10.0 Å². The van der Waals surface area contributed by atoms with Crippen molar-refractivity contribution in [3.63, 3.8) is 0 Å². The molecule has 0 aliphatic heterocycles. The highest BCUT2D eigenvalue weighted by molar-refractivity contribution is 7.93. The Morgan fingerprint density at radius 3 is 2.59 bits per heavy atom. The van der Waals surface area contributed by atoms with Crippen molar-refractivity contribution in [2.45, 2.75) is 4.90 Å². The van der Waals surface area contributed by atoms with Gasteiger partial charge in [-0.05, 0) is 42.5 Å². The van der Waals surface area contributed by atoms with E-state index in [1.165, 1.54) is 30.6 Å². The minimum atomic E-state index is -3.69. The number of benzene rings is 2. The summed E-state index contributed by atoms with van der Waals surface area (Å²) in [5, 5.41) is 0.883. The Kier molecular flexibility index (Phi) is 3.94. The molecule has 0 atom stereocenters. The molecule has 22 heavy (non-hydrogen) atoms. The Morgan fingerprint density at radius 1 is 1.18 bits per heavy atom. The summed E-state index contributed by atoms with van der Waals surface area (Å²) in [6, 6.07) is 11.3. The standard InChI is InChI=1S/C14H11ClN2O3S2/c1-20-10-3-5-11(6-4-10)22(18,19)17-14-16-12-7-2-9(15)8-13(12)21-14/h2-8H,1H3,(H,16,17). The van der Waals surface area contributed by atoms with Gasteiger partial charge in [-0.2, -0.15) is 0 Å². The lowest BCUT2D eigenvalue weighted by atomic mass is 10.3. The second-order valence-corrected chi connectivity index (χ2v) is 7.56. The molecule has 114 valence electrons. The van der Waals surface area contributed by atoms with E-state index in [2.05, 4.69) is 9.71 Å². The second-order valence-electron chi connectivity index (χ2n) is 4.41. The number of anilines is 1. The van der Waals surface area contributed by atoms with Crippen molar-refractivity contribution >= 4 is 48.3 Å². The number of ether oxygens (including phenoxy) is 1. The minimum Gasteiger partial charge on any atom is -0.497 e. The number of halogens is 1. The van der Waals surface area contributed by atoms with Crippen molar-refractivity contribution in [1.29, 1.82) is 0 Å². The average Bonchev–Trinajstić information content (AvgIpc) is 2.87. The van der Waals surface area contributed by atoms with Crippen molar-refractivity contribution in [2.24, 2.45) is 0 Å². The number of hydrogen-bond donors (Lipinski definition) is 1. The van der Waals surface area contributed by atoms with Gasteiger partial charge >= 0.3 is 0 Å². The fourth-order valence-electron chi connectivity index (χ4n) is 1.87. The smallest absolute Gasteiger partial charge is 0.263 e. The molecule has 0 amide bonds. The number of rotatable bonds is 4. The van der Waals surface area contributed by atoms with Crippen LogP contribution in [0.3, 0.4) is 0 Å². The first-order valence-electron chi connectivity index (χ1n) is 6.21. The summed E-state index contributed by atoms with van der Waals surface area (Å²) in [4.78, 5) is 4.39. The highest BCUT2D eigenvalue weighted by Crippen LogP contribution is 2.29. The molecule has 1 N–H and O–H groups in total. The number of hydrogen-bond acceptors (Lipinski definition) is 5. The van der Waals surface area contributed by atoms with Gasteiger partial charge in [-0.1, -0.05) is 22.9 Å². The maximum atomic E-state index is 12.3. The summed E-state index contributed by atoms with van der Waals surface area (Å²) in [7, 11) is -2.16.